The van der Waals surface area contributed by atoms with E-state index in [1.165, 1.54) is 24.4 Å². The first-order chi connectivity index (χ1) is 18.9. The van der Waals surface area contributed by atoms with Crippen LogP contribution >= 0.6 is 22.7 Å². The third kappa shape index (κ3) is 5.96. The lowest BCUT2D eigenvalue weighted by atomic mass is 10.1. The number of aromatic amines is 1. The highest BCUT2D eigenvalue weighted by atomic mass is 32.2. The molecule has 1 atom stereocenters. The molecule has 0 saturated carbocycles. The minimum atomic E-state index is -4.83. The molecule has 2 N–H and O–H groups in total. The van der Waals surface area contributed by atoms with Gasteiger partial charge in [0, 0.05) is 31.1 Å². The Morgan fingerprint density at radius 3 is 2.58 bits per heavy atom. The predicted molar refractivity (Wildman–Crippen MR) is 142 cm³/mol. The van der Waals surface area contributed by atoms with Crippen molar-refractivity contribution in [2.75, 3.05) is 24.5 Å². The number of nitrogens with one attached hydrogen (secondary N) is 2. The molecular formula is C23H21F3N6O5S3. The van der Waals surface area contributed by atoms with Gasteiger partial charge in [-0.2, -0.15) is 9.40 Å². The SMILES string of the molecule is Cc1ccc(S(=O)(=O)N2CCN(c3nc4cn[nH]c(=O)c4s3)C[C@@H]2C(=O)NCc2ccc(OC(F)(F)F)cc2)s1. The molecule has 212 valence electrons. The molecule has 4 aromatic rings. The summed E-state index contributed by atoms with van der Waals surface area (Å²) < 4.78 is 69.8. The highest BCUT2D eigenvalue weighted by molar-refractivity contribution is 7.91. The number of anilines is 1. The topological polar surface area (TPSA) is 138 Å². The maximum absolute atomic E-state index is 13.5. The van der Waals surface area contributed by atoms with Crippen molar-refractivity contribution < 1.29 is 31.1 Å². The maximum atomic E-state index is 13.5. The summed E-state index contributed by atoms with van der Waals surface area (Å²) in [4.78, 5) is 32.5. The highest BCUT2D eigenvalue weighted by Crippen LogP contribution is 2.31. The number of nitrogens with zero attached hydrogens (tertiary/aromatic N) is 4. The van der Waals surface area contributed by atoms with Crippen molar-refractivity contribution in [1.82, 2.24) is 24.8 Å². The van der Waals surface area contributed by atoms with Gasteiger partial charge in [-0.25, -0.2) is 18.5 Å². The molecule has 11 nitrogen and oxygen atoms in total. The van der Waals surface area contributed by atoms with Crippen molar-refractivity contribution in [2.24, 2.45) is 0 Å². The first-order valence-corrected chi connectivity index (χ1v) is 14.8. The Balaban J connectivity index is 1.38. The van der Waals surface area contributed by atoms with Crippen LogP contribution in [0.4, 0.5) is 18.3 Å². The zero-order valence-electron chi connectivity index (χ0n) is 20.6. The lowest BCUT2D eigenvalue weighted by molar-refractivity contribution is -0.274. The zero-order chi connectivity index (χ0) is 28.7. The average molecular weight is 615 g/mol. The fraction of sp³-hybridized carbons (Fsp3) is 0.304. The van der Waals surface area contributed by atoms with Gasteiger partial charge in [0.25, 0.3) is 15.6 Å². The molecule has 17 heteroatoms. The van der Waals surface area contributed by atoms with Gasteiger partial charge in [-0.3, -0.25) is 9.59 Å². The minimum Gasteiger partial charge on any atom is -0.406 e. The van der Waals surface area contributed by atoms with E-state index in [0.29, 0.717) is 20.9 Å². The number of hydrogen-bond donors (Lipinski definition) is 2. The van der Waals surface area contributed by atoms with E-state index in [1.807, 2.05) is 0 Å². The number of halogens is 3. The third-order valence-electron chi connectivity index (χ3n) is 6.01. The smallest absolute Gasteiger partial charge is 0.406 e. The quantitative estimate of drug-likeness (QED) is 0.324. The van der Waals surface area contributed by atoms with E-state index in [9.17, 15) is 31.2 Å². The van der Waals surface area contributed by atoms with Crippen molar-refractivity contribution in [1.29, 1.82) is 0 Å². The summed E-state index contributed by atoms with van der Waals surface area (Å²) in [6.45, 7) is 1.87. The van der Waals surface area contributed by atoms with E-state index in [0.717, 1.165) is 44.0 Å². The minimum absolute atomic E-state index is 0.0224. The van der Waals surface area contributed by atoms with Gasteiger partial charge in [-0.05, 0) is 36.8 Å². The Hall–Kier alpha value is -3.54. The number of aromatic nitrogens is 3. The molecule has 1 fully saturated rings. The molecule has 1 aliphatic heterocycles. The Bertz CT molecular complexity index is 1700. The van der Waals surface area contributed by atoms with Crippen LogP contribution in [0.3, 0.4) is 0 Å². The molecule has 0 bridgehead atoms. The number of H-pyrrole nitrogens is 1. The van der Waals surface area contributed by atoms with Crippen LogP contribution in [0.2, 0.25) is 0 Å². The van der Waals surface area contributed by atoms with Crippen LogP contribution in [0, 0.1) is 6.92 Å². The molecule has 1 saturated heterocycles. The van der Waals surface area contributed by atoms with Gasteiger partial charge in [0.05, 0.1) is 6.20 Å². The summed E-state index contributed by atoms with van der Waals surface area (Å²) >= 11 is 2.21. The highest BCUT2D eigenvalue weighted by Gasteiger charge is 2.41. The summed E-state index contributed by atoms with van der Waals surface area (Å²) in [5, 5.41) is 9.22. The van der Waals surface area contributed by atoms with E-state index in [1.54, 1.807) is 17.9 Å². The summed E-state index contributed by atoms with van der Waals surface area (Å²) in [7, 11) is -4.02. The molecule has 3 aromatic heterocycles. The second-order valence-corrected chi connectivity index (χ2v) is 13.1. The van der Waals surface area contributed by atoms with Crippen molar-refractivity contribution in [3.63, 3.8) is 0 Å². The lowest BCUT2D eigenvalue weighted by Gasteiger charge is -2.39. The molecule has 1 aromatic carbocycles. The van der Waals surface area contributed by atoms with Crippen LogP contribution in [0.1, 0.15) is 10.4 Å². The summed E-state index contributed by atoms with van der Waals surface area (Å²) in [6.07, 6.45) is -3.42. The maximum Gasteiger partial charge on any atom is 0.573 e. The lowest BCUT2D eigenvalue weighted by Crippen LogP contribution is -2.60. The van der Waals surface area contributed by atoms with E-state index < -0.39 is 39.6 Å². The number of alkyl halides is 3. The number of piperazine rings is 1. The van der Waals surface area contributed by atoms with Crippen LogP contribution in [0.5, 0.6) is 5.75 Å². The predicted octanol–water partition coefficient (Wildman–Crippen LogP) is 2.84. The van der Waals surface area contributed by atoms with Crippen molar-refractivity contribution in [3.8, 4) is 5.75 Å². The van der Waals surface area contributed by atoms with E-state index >= 15 is 0 Å². The van der Waals surface area contributed by atoms with Gasteiger partial charge >= 0.3 is 6.36 Å². The number of benzene rings is 1. The van der Waals surface area contributed by atoms with Gasteiger partial charge in [-0.15, -0.1) is 24.5 Å². The first-order valence-electron chi connectivity index (χ1n) is 11.7. The van der Waals surface area contributed by atoms with Gasteiger partial charge in [-0.1, -0.05) is 23.5 Å². The summed E-state index contributed by atoms with van der Waals surface area (Å²) in [6, 6.07) is 7.00. The number of amides is 1. The standard InChI is InChI=1S/C23H21F3N6O5S3/c1-13-2-7-18(38-13)40(35,36)32-9-8-31(22-29-16-11-28-30-21(34)19(16)39-22)12-17(32)20(33)27-10-14-3-5-15(6-4-14)37-23(24,25)26/h2-7,11,17H,8-10,12H2,1H3,(H,27,33)(H,30,34)/t17-/m1/s1. The number of rotatable bonds is 7. The fourth-order valence-electron chi connectivity index (χ4n) is 4.13. The first kappa shape index (κ1) is 28.0. The van der Waals surface area contributed by atoms with Gasteiger partial charge in [0.1, 0.15) is 26.2 Å². The van der Waals surface area contributed by atoms with Crippen molar-refractivity contribution in [2.45, 2.75) is 30.1 Å². The average Bonchev–Trinajstić information content (AvgIpc) is 3.55. The monoisotopic (exact) mass is 614 g/mol. The molecule has 5 rings (SSSR count). The zero-order valence-corrected chi connectivity index (χ0v) is 23.1. The number of sulfonamides is 1. The molecule has 4 heterocycles. The molecule has 0 aliphatic carbocycles. The number of carbonyl (C=O) groups excluding carboxylic acids is 1. The molecular weight excluding hydrogens is 593 g/mol. The Morgan fingerprint density at radius 1 is 1.18 bits per heavy atom. The van der Waals surface area contributed by atoms with Gasteiger partial charge in [0.2, 0.25) is 5.91 Å². The van der Waals surface area contributed by atoms with E-state index in [-0.39, 0.29) is 30.4 Å². The second kappa shape index (κ2) is 10.8. The summed E-state index contributed by atoms with van der Waals surface area (Å²) in [5.74, 6) is -1.00. The fourth-order valence-corrected chi connectivity index (χ4v) is 8.08. The number of thiazole rings is 1. The molecule has 40 heavy (non-hydrogen) atoms. The van der Waals surface area contributed by atoms with Crippen LogP contribution in [0.15, 0.2) is 51.6 Å². The Morgan fingerprint density at radius 2 is 1.93 bits per heavy atom. The molecule has 1 aliphatic rings. The van der Waals surface area contributed by atoms with Crippen molar-refractivity contribution in [3.05, 3.63) is 63.4 Å². The number of carbonyl (C=O) groups is 1. The second-order valence-electron chi connectivity index (χ2n) is 8.76. The third-order valence-corrected chi connectivity index (χ3v) is 10.5. The number of hydrogen-bond acceptors (Lipinski definition) is 10. The van der Waals surface area contributed by atoms with Crippen LogP contribution < -0.4 is 20.5 Å². The van der Waals surface area contributed by atoms with Crippen LogP contribution in [0.25, 0.3) is 10.2 Å². The van der Waals surface area contributed by atoms with Gasteiger partial charge < -0.3 is 15.0 Å². The number of thiophene rings is 1. The van der Waals surface area contributed by atoms with E-state index in [4.69, 9.17) is 0 Å². The molecule has 0 spiro atoms. The molecule has 0 unspecified atom stereocenters. The Kier molecular flexibility index (Phi) is 7.56. The van der Waals surface area contributed by atoms with Crippen LogP contribution in [-0.4, -0.2) is 65.9 Å². The molecule has 0 radical (unpaired) electrons. The van der Waals surface area contributed by atoms with E-state index in [2.05, 4.69) is 25.2 Å². The number of fused-ring (bicyclic) bond motifs is 1. The van der Waals surface area contributed by atoms with Gasteiger partial charge in [0.15, 0.2) is 5.13 Å². The molecule has 1 amide bonds. The van der Waals surface area contributed by atoms with Crippen LogP contribution in [-0.2, 0) is 21.4 Å². The largest absolute Gasteiger partial charge is 0.573 e. The normalized spacial score (nSPS) is 16.8. The van der Waals surface area contributed by atoms with Crippen molar-refractivity contribution >= 4 is 54.0 Å². The summed E-state index contributed by atoms with van der Waals surface area (Å²) in [5.41, 5.74) is 0.458. The number of aryl methyl sites for hydroxylation is 1. The Labute approximate surface area is 233 Å². The number of ether oxygens (including phenoxy) is 1.